The molecule has 0 spiro atoms. The summed E-state index contributed by atoms with van der Waals surface area (Å²) >= 11 is 0. The molecule has 0 fully saturated rings. The van der Waals surface area contributed by atoms with Crippen molar-refractivity contribution in [1.29, 1.82) is 0 Å². The Labute approximate surface area is 101 Å². The summed E-state index contributed by atoms with van der Waals surface area (Å²) in [6.07, 6.45) is 5.88. The van der Waals surface area contributed by atoms with E-state index in [1.807, 2.05) is 6.92 Å². The molecular weight excluding hydrogens is 218 g/mol. The normalized spacial score (nSPS) is 14.0. The van der Waals surface area contributed by atoms with Crippen LogP contribution in [0.3, 0.4) is 0 Å². The molecule has 0 saturated carbocycles. The summed E-state index contributed by atoms with van der Waals surface area (Å²) in [5.41, 5.74) is 0. The molecule has 2 N–H and O–H groups in total. The van der Waals surface area contributed by atoms with Gasteiger partial charge in [0.25, 0.3) is 0 Å². The zero-order chi connectivity index (χ0) is 12.7. The van der Waals surface area contributed by atoms with Crippen molar-refractivity contribution < 1.29 is 9.90 Å². The summed E-state index contributed by atoms with van der Waals surface area (Å²) in [7, 11) is 0. The Morgan fingerprint density at radius 2 is 2.00 bits per heavy atom. The molecule has 1 aromatic rings. The van der Waals surface area contributed by atoms with E-state index in [9.17, 15) is 4.79 Å². The quantitative estimate of drug-likeness (QED) is 0.760. The Bertz CT molecular complexity index is 343. The fourth-order valence-electron chi connectivity index (χ4n) is 1.52. The van der Waals surface area contributed by atoms with Crippen molar-refractivity contribution in [1.82, 2.24) is 9.97 Å². The number of anilines is 1. The second-order valence-electron chi connectivity index (χ2n) is 4.29. The van der Waals surface area contributed by atoms with Gasteiger partial charge in [-0.15, -0.1) is 0 Å². The monoisotopic (exact) mass is 237 g/mol. The van der Waals surface area contributed by atoms with Gasteiger partial charge in [0.15, 0.2) is 0 Å². The van der Waals surface area contributed by atoms with Gasteiger partial charge in [-0.25, -0.2) is 9.97 Å². The molecule has 0 aliphatic rings. The fraction of sp³-hybridized carbons (Fsp3) is 0.583. The minimum absolute atomic E-state index is 0.249. The molecule has 5 heteroatoms. The highest BCUT2D eigenvalue weighted by molar-refractivity contribution is 5.69. The van der Waals surface area contributed by atoms with Crippen LogP contribution in [-0.4, -0.2) is 27.1 Å². The first kappa shape index (κ1) is 13.4. The predicted molar refractivity (Wildman–Crippen MR) is 65.8 cm³/mol. The lowest BCUT2D eigenvalue weighted by Gasteiger charge is -2.14. The first-order valence-corrected chi connectivity index (χ1v) is 5.86. The van der Waals surface area contributed by atoms with E-state index in [-0.39, 0.29) is 12.0 Å². The summed E-state index contributed by atoms with van der Waals surface area (Å²) in [4.78, 5) is 18.8. The maximum absolute atomic E-state index is 10.6. The average molecular weight is 237 g/mol. The Morgan fingerprint density at radius 1 is 1.35 bits per heavy atom. The van der Waals surface area contributed by atoms with E-state index in [1.165, 1.54) is 0 Å². The number of hydrogen-bond donors (Lipinski definition) is 2. The van der Waals surface area contributed by atoms with Crippen molar-refractivity contribution in [2.24, 2.45) is 5.92 Å². The van der Waals surface area contributed by atoms with Crippen molar-refractivity contribution >= 4 is 11.9 Å². The molecule has 1 aromatic heterocycles. The SMILES string of the molecule is CC(CCCC(C)C(=O)O)Nc1ncccn1. The molecule has 2 unspecified atom stereocenters. The molecule has 0 saturated heterocycles. The molecule has 17 heavy (non-hydrogen) atoms. The topological polar surface area (TPSA) is 75.1 Å². The third kappa shape index (κ3) is 5.29. The first-order chi connectivity index (χ1) is 8.09. The van der Waals surface area contributed by atoms with E-state index in [0.717, 1.165) is 12.8 Å². The van der Waals surface area contributed by atoms with Gasteiger partial charge < -0.3 is 10.4 Å². The highest BCUT2D eigenvalue weighted by atomic mass is 16.4. The van der Waals surface area contributed by atoms with Crippen LogP contribution in [0.15, 0.2) is 18.5 Å². The molecule has 1 heterocycles. The molecule has 0 amide bonds. The van der Waals surface area contributed by atoms with Crippen LogP contribution in [0.5, 0.6) is 0 Å². The van der Waals surface area contributed by atoms with Crippen molar-refractivity contribution in [3.63, 3.8) is 0 Å². The maximum Gasteiger partial charge on any atom is 0.306 e. The molecule has 2 atom stereocenters. The summed E-state index contributed by atoms with van der Waals surface area (Å²) in [5.74, 6) is -0.376. The van der Waals surface area contributed by atoms with Gasteiger partial charge >= 0.3 is 5.97 Å². The lowest BCUT2D eigenvalue weighted by molar-refractivity contribution is -0.141. The Hall–Kier alpha value is -1.65. The fourth-order valence-corrected chi connectivity index (χ4v) is 1.52. The van der Waals surface area contributed by atoms with E-state index in [4.69, 9.17) is 5.11 Å². The Balaban J connectivity index is 2.22. The minimum atomic E-state index is -0.725. The highest BCUT2D eigenvalue weighted by Crippen LogP contribution is 2.11. The maximum atomic E-state index is 10.6. The Kier molecular flexibility index (Phi) is 5.39. The van der Waals surface area contributed by atoms with E-state index >= 15 is 0 Å². The van der Waals surface area contributed by atoms with Crippen LogP contribution in [0.2, 0.25) is 0 Å². The lowest BCUT2D eigenvalue weighted by atomic mass is 10.0. The predicted octanol–water partition coefficient (Wildman–Crippen LogP) is 2.17. The molecule has 0 aliphatic carbocycles. The van der Waals surface area contributed by atoms with Crippen LogP contribution >= 0.6 is 0 Å². The Morgan fingerprint density at radius 3 is 2.59 bits per heavy atom. The van der Waals surface area contributed by atoms with Crippen LogP contribution in [0.1, 0.15) is 33.1 Å². The van der Waals surface area contributed by atoms with Gasteiger partial charge in [-0.05, 0) is 25.8 Å². The van der Waals surface area contributed by atoms with Gasteiger partial charge in [0.1, 0.15) is 0 Å². The van der Waals surface area contributed by atoms with E-state index in [0.29, 0.717) is 12.4 Å². The van der Waals surface area contributed by atoms with Gasteiger partial charge in [-0.1, -0.05) is 13.3 Å². The van der Waals surface area contributed by atoms with Crippen LogP contribution in [0, 0.1) is 5.92 Å². The third-order valence-corrected chi connectivity index (χ3v) is 2.64. The lowest BCUT2D eigenvalue weighted by Crippen LogP contribution is -2.17. The van der Waals surface area contributed by atoms with Crippen molar-refractivity contribution in [3.05, 3.63) is 18.5 Å². The van der Waals surface area contributed by atoms with E-state index < -0.39 is 5.97 Å². The first-order valence-electron chi connectivity index (χ1n) is 5.86. The summed E-state index contributed by atoms with van der Waals surface area (Å²) < 4.78 is 0. The van der Waals surface area contributed by atoms with Crippen LogP contribution < -0.4 is 5.32 Å². The number of nitrogens with one attached hydrogen (secondary N) is 1. The number of hydrogen-bond acceptors (Lipinski definition) is 4. The second kappa shape index (κ2) is 6.83. The highest BCUT2D eigenvalue weighted by Gasteiger charge is 2.11. The van der Waals surface area contributed by atoms with E-state index in [1.54, 1.807) is 25.4 Å². The molecule has 94 valence electrons. The summed E-state index contributed by atoms with van der Waals surface area (Å²) in [5, 5.41) is 11.9. The number of nitrogens with zero attached hydrogens (tertiary/aromatic N) is 2. The molecule has 5 nitrogen and oxygen atoms in total. The minimum Gasteiger partial charge on any atom is -0.481 e. The number of carboxylic acids is 1. The van der Waals surface area contributed by atoms with Crippen molar-refractivity contribution in [3.8, 4) is 0 Å². The molecular formula is C12H19N3O2. The molecule has 0 aliphatic heterocycles. The average Bonchev–Trinajstić information content (AvgIpc) is 2.30. The number of carbonyl (C=O) groups is 1. The van der Waals surface area contributed by atoms with Gasteiger partial charge in [0.05, 0.1) is 5.92 Å². The van der Waals surface area contributed by atoms with Crippen LogP contribution in [0.4, 0.5) is 5.95 Å². The van der Waals surface area contributed by atoms with Crippen molar-refractivity contribution in [2.75, 3.05) is 5.32 Å². The molecule has 0 aromatic carbocycles. The van der Waals surface area contributed by atoms with Crippen LogP contribution in [0.25, 0.3) is 0 Å². The molecule has 1 rings (SSSR count). The van der Waals surface area contributed by atoms with Crippen molar-refractivity contribution in [2.45, 2.75) is 39.2 Å². The molecule has 0 bridgehead atoms. The molecule has 0 radical (unpaired) electrons. The van der Waals surface area contributed by atoms with Gasteiger partial charge in [0.2, 0.25) is 5.95 Å². The summed E-state index contributed by atoms with van der Waals surface area (Å²) in [6, 6.07) is 2.02. The smallest absolute Gasteiger partial charge is 0.306 e. The standard InChI is InChI=1S/C12H19N3O2/c1-9(11(16)17)5-3-6-10(2)15-12-13-7-4-8-14-12/h4,7-10H,3,5-6H2,1-2H3,(H,16,17)(H,13,14,15). The van der Waals surface area contributed by atoms with Crippen LogP contribution in [-0.2, 0) is 4.79 Å². The largest absolute Gasteiger partial charge is 0.481 e. The number of carboxylic acid groups (broad SMARTS) is 1. The number of aliphatic carboxylic acids is 1. The zero-order valence-electron chi connectivity index (χ0n) is 10.3. The van der Waals surface area contributed by atoms with Gasteiger partial charge in [-0.2, -0.15) is 0 Å². The summed E-state index contributed by atoms with van der Waals surface area (Å²) in [6.45, 7) is 3.78. The van der Waals surface area contributed by atoms with Gasteiger partial charge in [0, 0.05) is 18.4 Å². The second-order valence-corrected chi connectivity index (χ2v) is 4.29. The zero-order valence-corrected chi connectivity index (χ0v) is 10.3. The van der Waals surface area contributed by atoms with Gasteiger partial charge in [-0.3, -0.25) is 4.79 Å². The van der Waals surface area contributed by atoms with E-state index in [2.05, 4.69) is 15.3 Å². The third-order valence-electron chi connectivity index (χ3n) is 2.64. The number of aromatic nitrogens is 2. The number of rotatable bonds is 7.